The molecule has 2 aromatic carbocycles. The number of rotatable bonds is 2. The van der Waals surface area contributed by atoms with Gasteiger partial charge >= 0.3 is 0 Å². The second kappa shape index (κ2) is 4.69. The smallest absolute Gasteiger partial charge is 0.150 e. The van der Waals surface area contributed by atoms with Gasteiger partial charge in [-0.2, -0.15) is 0 Å². The lowest BCUT2D eigenvalue weighted by Gasteiger charge is -2.06. The predicted octanol–water partition coefficient (Wildman–Crippen LogP) is 4.47. The number of benzene rings is 2. The van der Waals surface area contributed by atoms with Crippen LogP contribution in [-0.2, 0) is 0 Å². The number of hydrogen-bond donors (Lipinski definition) is 0. The van der Waals surface area contributed by atoms with Gasteiger partial charge in [0.15, 0.2) is 0 Å². The lowest BCUT2D eigenvalue weighted by Crippen LogP contribution is -1.83. The number of aldehydes is 1. The van der Waals surface area contributed by atoms with E-state index < -0.39 is 0 Å². The predicted molar refractivity (Wildman–Crippen MR) is 67.3 cm³/mol. The molecule has 0 fully saturated rings. The molecule has 0 bridgehead atoms. The van der Waals surface area contributed by atoms with Crippen molar-refractivity contribution in [1.29, 1.82) is 0 Å². The average molecular weight is 251 g/mol. The monoisotopic (exact) mass is 250 g/mol. The molecular weight excluding hydrogens is 243 g/mol. The second-order valence-corrected chi connectivity index (χ2v) is 4.15. The Labute approximate surface area is 104 Å². The molecule has 0 aromatic heterocycles. The van der Waals surface area contributed by atoms with Gasteiger partial charge in [0, 0.05) is 21.2 Å². The third kappa shape index (κ3) is 2.11. The first-order valence-corrected chi connectivity index (χ1v) is 5.47. The van der Waals surface area contributed by atoms with Gasteiger partial charge in [-0.05, 0) is 17.7 Å². The van der Waals surface area contributed by atoms with Crippen molar-refractivity contribution in [3.05, 3.63) is 58.1 Å². The van der Waals surface area contributed by atoms with E-state index >= 15 is 0 Å². The first kappa shape index (κ1) is 11.2. The first-order valence-electron chi connectivity index (χ1n) is 4.72. The number of carbonyl (C=O) groups excluding carboxylic acids is 1. The van der Waals surface area contributed by atoms with Crippen LogP contribution in [0, 0.1) is 0 Å². The van der Waals surface area contributed by atoms with Crippen LogP contribution >= 0.6 is 23.2 Å². The molecule has 0 N–H and O–H groups in total. The van der Waals surface area contributed by atoms with Crippen molar-refractivity contribution in [2.45, 2.75) is 0 Å². The van der Waals surface area contributed by atoms with Crippen LogP contribution in [0.3, 0.4) is 0 Å². The molecule has 0 saturated carbocycles. The molecule has 16 heavy (non-hydrogen) atoms. The Balaban J connectivity index is 2.54. The van der Waals surface area contributed by atoms with Gasteiger partial charge in [-0.1, -0.05) is 53.5 Å². The van der Waals surface area contributed by atoms with E-state index in [0.717, 1.165) is 17.4 Å². The van der Waals surface area contributed by atoms with Gasteiger partial charge in [-0.3, -0.25) is 4.79 Å². The van der Waals surface area contributed by atoms with E-state index in [1.165, 1.54) is 0 Å². The Morgan fingerprint density at radius 2 is 1.44 bits per heavy atom. The van der Waals surface area contributed by atoms with Crippen LogP contribution in [0.15, 0.2) is 42.5 Å². The van der Waals surface area contributed by atoms with Crippen molar-refractivity contribution in [2.24, 2.45) is 0 Å². The lowest BCUT2D eigenvalue weighted by molar-refractivity contribution is 0.112. The molecule has 0 saturated heterocycles. The highest BCUT2D eigenvalue weighted by Crippen LogP contribution is 2.34. The van der Waals surface area contributed by atoms with Gasteiger partial charge in [-0.25, -0.2) is 0 Å². The zero-order valence-electron chi connectivity index (χ0n) is 8.28. The van der Waals surface area contributed by atoms with Gasteiger partial charge in [0.1, 0.15) is 6.29 Å². The zero-order valence-corrected chi connectivity index (χ0v) is 9.79. The highest BCUT2D eigenvalue weighted by molar-refractivity contribution is 6.39. The largest absolute Gasteiger partial charge is 0.298 e. The Morgan fingerprint density at radius 1 is 0.875 bits per heavy atom. The van der Waals surface area contributed by atoms with Crippen LogP contribution < -0.4 is 0 Å². The molecule has 3 heteroatoms. The van der Waals surface area contributed by atoms with E-state index in [1.54, 1.807) is 30.3 Å². The molecule has 2 rings (SSSR count). The van der Waals surface area contributed by atoms with Gasteiger partial charge in [-0.15, -0.1) is 0 Å². The van der Waals surface area contributed by atoms with Crippen molar-refractivity contribution < 1.29 is 4.79 Å². The molecule has 0 aliphatic carbocycles. The summed E-state index contributed by atoms with van der Waals surface area (Å²) in [5, 5.41) is 1.21. The third-order valence-electron chi connectivity index (χ3n) is 2.30. The summed E-state index contributed by atoms with van der Waals surface area (Å²) in [6, 6.07) is 12.5. The topological polar surface area (TPSA) is 17.1 Å². The SMILES string of the molecule is O=Cc1ccc(-c2c(Cl)cccc2Cl)cc1. The molecule has 0 heterocycles. The molecule has 0 amide bonds. The molecule has 1 nitrogen and oxygen atoms in total. The van der Waals surface area contributed by atoms with Crippen LogP contribution in [0.4, 0.5) is 0 Å². The van der Waals surface area contributed by atoms with Crippen LogP contribution in [0.25, 0.3) is 11.1 Å². The standard InChI is InChI=1S/C13H8Cl2O/c14-11-2-1-3-12(15)13(11)10-6-4-9(8-16)5-7-10/h1-8H. The van der Waals surface area contributed by atoms with E-state index in [9.17, 15) is 4.79 Å². The summed E-state index contributed by atoms with van der Waals surface area (Å²) in [7, 11) is 0. The Kier molecular flexibility index (Phi) is 3.28. The van der Waals surface area contributed by atoms with Crippen LogP contribution in [0.2, 0.25) is 10.0 Å². The Hall–Kier alpha value is -1.31. The van der Waals surface area contributed by atoms with Crippen molar-refractivity contribution in [3.8, 4) is 11.1 Å². The molecule has 0 unspecified atom stereocenters. The van der Waals surface area contributed by atoms with E-state index in [-0.39, 0.29) is 0 Å². The number of carbonyl (C=O) groups is 1. The van der Waals surface area contributed by atoms with Gasteiger partial charge in [0.05, 0.1) is 0 Å². The number of halogens is 2. The van der Waals surface area contributed by atoms with Gasteiger partial charge < -0.3 is 0 Å². The molecule has 0 aliphatic rings. The van der Waals surface area contributed by atoms with Gasteiger partial charge in [0.2, 0.25) is 0 Å². The minimum atomic E-state index is 0.603. The van der Waals surface area contributed by atoms with E-state index in [1.807, 2.05) is 12.1 Å². The molecule has 0 atom stereocenters. The van der Waals surface area contributed by atoms with Crippen molar-refractivity contribution in [1.82, 2.24) is 0 Å². The summed E-state index contributed by atoms with van der Waals surface area (Å²) in [6.07, 6.45) is 0.804. The summed E-state index contributed by atoms with van der Waals surface area (Å²) in [6.45, 7) is 0. The summed E-state index contributed by atoms with van der Waals surface area (Å²) in [5.74, 6) is 0. The van der Waals surface area contributed by atoms with E-state index in [4.69, 9.17) is 23.2 Å². The molecule has 0 aliphatic heterocycles. The molecule has 2 aromatic rings. The maximum atomic E-state index is 10.5. The fraction of sp³-hybridized carbons (Fsp3) is 0. The highest BCUT2D eigenvalue weighted by Gasteiger charge is 2.07. The highest BCUT2D eigenvalue weighted by atomic mass is 35.5. The van der Waals surface area contributed by atoms with E-state index in [2.05, 4.69) is 0 Å². The summed E-state index contributed by atoms with van der Waals surface area (Å²) >= 11 is 12.2. The molecular formula is C13H8Cl2O. The van der Waals surface area contributed by atoms with Crippen LogP contribution in [0.5, 0.6) is 0 Å². The Morgan fingerprint density at radius 3 is 1.94 bits per heavy atom. The maximum Gasteiger partial charge on any atom is 0.150 e. The zero-order chi connectivity index (χ0) is 11.5. The third-order valence-corrected chi connectivity index (χ3v) is 2.93. The average Bonchev–Trinajstić information content (AvgIpc) is 2.30. The normalized spacial score (nSPS) is 10.1. The second-order valence-electron chi connectivity index (χ2n) is 3.34. The molecule has 0 radical (unpaired) electrons. The minimum absolute atomic E-state index is 0.603. The van der Waals surface area contributed by atoms with Gasteiger partial charge in [0.25, 0.3) is 0 Å². The van der Waals surface area contributed by atoms with Crippen molar-refractivity contribution in [2.75, 3.05) is 0 Å². The fourth-order valence-electron chi connectivity index (χ4n) is 1.50. The van der Waals surface area contributed by atoms with Crippen molar-refractivity contribution >= 4 is 29.5 Å². The van der Waals surface area contributed by atoms with E-state index in [0.29, 0.717) is 15.6 Å². The van der Waals surface area contributed by atoms with Crippen LogP contribution in [0.1, 0.15) is 10.4 Å². The van der Waals surface area contributed by atoms with Crippen molar-refractivity contribution in [3.63, 3.8) is 0 Å². The summed E-state index contributed by atoms with van der Waals surface area (Å²) in [4.78, 5) is 10.5. The Bertz CT molecular complexity index is 498. The maximum absolute atomic E-state index is 10.5. The first-order chi connectivity index (χ1) is 7.72. The lowest BCUT2D eigenvalue weighted by atomic mass is 10.0. The summed E-state index contributed by atoms with van der Waals surface area (Å²) < 4.78 is 0. The fourth-order valence-corrected chi connectivity index (χ4v) is 2.12. The summed E-state index contributed by atoms with van der Waals surface area (Å²) in [5.41, 5.74) is 2.33. The number of hydrogen-bond acceptors (Lipinski definition) is 1. The molecule has 80 valence electrons. The quantitative estimate of drug-likeness (QED) is 0.719. The van der Waals surface area contributed by atoms with Crippen LogP contribution in [-0.4, -0.2) is 6.29 Å². The molecule has 0 spiro atoms. The minimum Gasteiger partial charge on any atom is -0.298 e.